The molecule has 0 aliphatic rings. The molecule has 11 heavy (non-hydrogen) atoms. The summed E-state index contributed by atoms with van der Waals surface area (Å²) in [5.41, 5.74) is 5.08. The molecule has 0 spiro atoms. The summed E-state index contributed by atoms with van der Waals surface area (Å²) >= 11 is 0. The third kappa shape index (κ3) is 13.0. The van der Waals surface area contributed by atoms with Crippen LogP contribution in [0.4, 0.5) is 4.39 Å². The minimum absolute atomic E-state index is 0.173. The van der Waals surface area contributed by atoms with Crippen LogP contribution in [0, 0.1) is 5.92 Å². The van der Waals surface area contributed by atoms with Gasteiger partial charge < -0.3 is 5.73 Å². The Balaban J connectivity index is 0. The van der Waals surface area contributed by atoms with Crippen molar-refractivity contribution in [3.63, 3.8) is 0 Å². The highest BCUT2D eigenvalue weighted by molar-refractivity contribution is 4.57. The monoisotopic (exact) mass is 163 g/mol. The summed E-state index contributed by atoms with van der Waals surface area (Å²) in [7, 11) is 0. The average Bonchev–Trinajstić information content (AvgIpc) is 2.04. The molecule has 0 rings (SSSR count). The van der Waals surface area contributed by atoms with Gasteiger partial charge in [0.1, 0.15) is 6.17 Å². The second kappa shape index (κ2) is 9.89. The molecular formula is C9H22FN. The number of hydrogen-bond donors (Lipinski definition) is 1. The Labute approximate surface area is 70.2 Å². The fourth-order valence-corrected chi connectivity index (χ4v) is 0.632. The van der Waals surface area contributed by atoms with Gasteiger partial charge in [-0.1, -0.05) is 27.7 Å². The molecule has 1 atom stereocenters. The van der Waals surface area contributed by atoms with Crippen molar-refractivity contribution in [3.8, 4) is 0 Å². The zero-order valence-electron chi connectivity index (χ0n) is 8.23. The zero-order chi connectivity index (χ0) is 9.28. The largest absolute Gasteiger partial charge is 0.328 e. The maximum absolute atomic E-state index is 12.4. The fraction of sp³-hybridized carbons (Fsp3) is 1.00. The van der Waals surface area contributed by atoms with Crippen molar-refractivity contribution >= 4 is 0 Å². The summed E-state index contributed by atoms with van der Waals surface area (Å²) in [6.07, 6.45) is 0.777. The van der Waals surface area contributed by atoms with E-state index in [-0.39, 0.29) is 6.54 Å². The lowest BCUT2D eigenvalue weighted by Crippen LogP contribution is -2.15. The Morgan fingerprint density at radius 2 is 1.64 bits per heavy atom. The van der Waals surface area contributed by atoms with Crippen LogP contribution in [0.25, 0.3) is 0 Å². The third-order valence-corrected chi connectivity index (χ3v) is 1.31. The molecule has 0 amide bonds. The lowest BCUT2D eigenvalue weighted by molar-refractivity contribution is 0.302. The Kier molecular flexibility index (Phi) is 12.1. The number of rotatable bonds is 4. The Morgan fingerprint density at radius 1 is 1.18 bits per heavy atom. The van der Waals surface area contributed by atoms with E-state index in [9.17, 15) is 4.39 Å². The van der Waals surface area contributed by atoms with Gasteiger partial charge in [0.25, 0.3) is 0 Å². The second-order valence-corrected chi connectivity index (χ2v) is 2.80. The van der Waals surface area contributed by atoms with Crippen LogP contribution in [-0.2, 0) is 0 Å². The Bertz CT molecular complexity index is 64.6. The lowest BCUT2D eigenvalue weighted by atomic mass is 10.1. The van der Waals surface area contributed by atoms with E-state index in [0.29, 0.717) is 12.3 Å². The molecule has 0 aliphatic carbocycles. The maximum atomic E-state index is 12.4. The highest BCUT2D eigenvalue weighted by Crippen LogP contribution is 2.07. The van der Waals surface area contributed by atoms with Crippen LogP contribution in [0.2, 0.25) is 0 Å². The van der Waals surface area contributed by atoms with Crippen LogP contribution in [0.15, 0.2) is 0 Å². The molecule has 0 fully saturated rings. The van der Waals surface area contributed by atoms with E-state index >= 15 is 0 Å². The van der Waals surface area contributed by atoms with Crippen LogP contribution in [0.3, 0.4) is 0 Å². The average molecular weight is 163 g/mol. The van der Waals surface area contributed by atoms with Gasteiger partial charge in [-0.25, -0.2) is 4.39 Å². The molecule has 2 heteroatoms. The lowest BCUT2D eigenvalue weighted by Gasteiger charge is -2.06. The predicted octanol–water partition coefficient (Wildman–Crippen LogP) is 2.75. The molecule has 0 aliphatic heterocycles. The van der Waals surface area contributed by atoms with Crippen molar-refractivity contribution in [2.75, 3.05) is 6.54 Å². The van der Waals surface area contributed by atoms with Crippen molar-refractivity contribution in [1.82, 2.24) is 0 Å². The van der Waals surface area contributed by atoms with Gasteiger partial charge in [-0.2, -0.15) is 0 Å². The first-order chi connectivity index (χ1) is 5.16. The Hall–Kier alpha value is -0.110. The first-order valence-electron chi connectivity index (χ1n) is 4.51. The summed E-state index contributed by atoms with van der Waals surface area (Å²) < 4.78 is 12.4. The molecule has 1 nitrogen and oxygen atoms in total. The smallest absolute Gasteiger partial charge is 0.112 e. The van der Waals surface area contributed by atoms with E-state index in [0.717, 1.165) is 6.42 Å². The van der Waals surface area contributed by atoms with Gasteiger partial charge in [-0.05, 0) is 18.8 Å². The van der Waals surface area contributed by atoms with Crippen molar-refractivity contribution in [2.45, 2.75) is 46.7 Å². The Morgan fingerprint density at radius 3 is 1.91 bits per heavy atom. The van der Waals surface area contributed by atoms with Gasteiger partial charge in [-0.3, -0.25) is 0 Å². The first-order valence-corrected chi connectivity index (χ1v) is 4.51. The van der Waals surface area contributed by atoms with Gasteiger partial charge in [0, 0.05) is 6.54 Å². The minimum atomic E-state index is -0.785. The van der Waals surface area contributed by atoms with E-state index in [4.69, 9.17) is 5.73 Å². The van der Waals surface area contributed by atoms with E-state index < -0.39 is 6.17 Å². The molecular weight excluding hydrogens is 141 g/mol. The van der Waals surface area contributed by atoms with Crippen LogP contribution in [-0.4, -0.2) is 12.7 Å². The summed E-state index contributed by atoms with van der Waals surface area (Å²) in [6.45, 7) is 8.35. The van der Waals surface area contributed by atoms with Crippen LogP contribution in [0.1, 0.15) is 40.5 Å². The molecule has 1 unspecified atom stereocenters. The quantitative estimate of drug-likeness (QED) is 0.677. The first kappa shape index (κ1) is 13.5. The third-order valence-electron chi connectivity index (χ3n) is 1.31. The molecule has 0 heterocycles. The van der Waals surface area contributed by atoms with Crippen LogP contribution < -0.4 is 5.73 Å². The highest BCUT2D eigenvalue weighted by Gasteiger charge is 2.03. The van der Waals surface area contributed by atoms with Crippen LogP contribution in [0.5, 0.6) is 0 Å². The van der Waals surface area contributed by atoms with E-state index in [2.05, 4.69) is 13.8 Å². The minimum Gasteiger partial charge on any atom is -0.328 e. The molecule has 0 bridgehead atoms. The summed E-state index contributed by atoms with van der Waals surface area (Å²) in [5.74, 6) is 0.592. The standard InChI is InChI=1S/C7H16FN.C2H6/c1-6(2)3-4-7(8)5-9;1-2/h6-7H,3-5,9H2,1-2H3;1-2H3. The van der Waals surface area contributed by atoms with Crippen LogP contribution >= 0.6 is 0 Å². The van der Waals surface area contributed by atoms with Crippen molar-refractivity contribution in [2.24, 2.45) is 11.7 Å². The summed E-state index contributed by atoms with van der Waals surface area (Å²) in [5, 5.41) is 0. The van der Waals surface area contributed by atoms with Gasteiger partial charge in [0.15, 0.2) is 0 Å². The SMILES string of the molecule is CC.CC(C)CCC(F)CN. The van der Waals surface area contributed by atoms with Crippen molar-refractivity contribution in [3.05, 3.63) is 0 Å². The number of hydrogen-bond acceptors (Lipinski definition) is 1. The zero-order valence-corrected chi connectivity index (χ0v) is 8.23. The molecule has 0 saturated carbocycles. The normalized spacial score (nSPS) is 12.3. The molecule has 0 saturated heterocycles. The van der Waals surface area contributed by atoms with Gasteiger partial charge >= 0.3 is 0 Å². The predicted molar refractivity (Wildman–Crippen MR) is 49.4 cm³/mol. The summed E-state index contributed by atoms with van der Waals surface area (Å²) in [6, 6.07) is 0. The molecule has 0 radical (unpaired) electrons. The van der Waals surface area contributed by atoms with Gasteiger partial charge in [0.2, 0.25) is 0 Å². The second-order valence-electron chi connectivity index (χ2n) is 2.80. The number of alkyl halides is 1. The van der Waals surface area contributed by atoms with Gasteiger partial charge in [-0.15, -0.1) is 0 Å². The molecule has 0 aromatic heterocycles. The topological polar surface area (TPSA) is 26.0 Å². The number of halogens is 1. The van der Waals surface area contributed by atoms with Gasteiger partial charge in [0.05, 0.1) is 0 Å². The summed E-state index contributed by atoms with van der Waals surface area (Å²) in [4.78, 5) is 0. The van der Waals surface area contributed by atoms with E-state index in [1.54, 1.807) is 0 Å². The molecule has 0 aromatic carbocycles. The van der Waals surface area contributed by atoms with E-state index in [1.807, 2.05) is 13.8 Å². The number of nitrogens with two attached hydrogens (primary N) is 1. The highest BCUT2D eigenvalue weighted by atomic mass is 19.1. The van der Waals surface area contributed by atoms with Crippen molar-refractivity contribution < 1.29 is 4.39 Å². The molecule has 0 aromatic rings. The molecule has 2 N–H and O–H groups in total. The fourth-order valence-electron chi connectivity index (χ4n) is 0.632. The van der Waals surface area contributed by atoms with Crippen molar-refractivity contribution in [1.29, 1.82) is 0 Å². The molecule has 70 valence electrons. The maximum Gasteiger partial charge on any atom is 0.112 e. The van der Waals surface area contributed by atoms with E-state index in [1.165, 1.54) is 0 Å².